The topological polar surface area (TPSA) is 47.1 Å². The molecule has 8 heteroatoms. The molecule has 24 heavy (non-hydrogen) atoms. The molecule has 0 fully saturated rings. The van der Waals surface area contributed by atoms with E-state index in [1.165, 1.54) is 30.8 Å². The maximum Gasteiger partial charge on any atom is 0.319 e. The summed E-state index contributed by atoms with van der Waals surface area (Å²) in [6, 6.07) is 5.81. The van der Waals surface area contributed by atoms with Gasteiger partial charge in [-0.2, -0.15) is 8.78 Å². The molecule has 0 aliphatic heterocycles. The van der Waals surface area contributed by atoms with Gasteiger partial charge in [-0.3, -0.25) is 9.47 Å². The van der Waals surface area contributed by atoms with E-state index < -0.39 is 6.55 Å². The molecule has 0 atom stereocenters. The van der Waals surface area contributed by atoms with Crippen molar-refractivity contribution in [3.05, 3.63) is 60.3 Å². The Labute approximate surface area is 136 Å². The summed E-state index contributed by atoms with van der Waals surface area (Å²) in [4.78, 5) is 10.1. The van der Waals surface area contributed by atoms with Crippen LogP contribution in [0.25, 0.3) is 11.5 Å². The number of aromatic nitrogens is 3. The molecule has 5 nitrogen and oxygen atoms in total. The van der Waals surface area contributed by atoms with Crippen LogP contribution in [-0.4, -0.2) is 26.5 Å². The zero-order valence-corrected chi connectivity index (χ0v) is 12.9. The quantitative estimate of drug-likeness (QED) is 0.688. The van der Waals surface area contributed by atoms with E-state index in [9.17, 15) is 13.2 Å². The number of hydrogen-bond donors (Lipinski definition) is 0. The Kier molecular flexibility index (Phi) is 4.66. The molecular formula is C16H15F3N4O. The maximum atomic E-state index is 12.9. The molecule has 2 aromatic heterocycles. The van der Waals surface area contributed by atoms with E-state index in [0.717, 1.165) is 4.57 Å². The van der Waals surface area contributed by atoms with E-state index in [0.29, 0.717) is 23.7 Å². The predicted molar refractivity (Wildman–Crippen MR) is 80.5 cm³/mol. The zero-order chi connectivity index (χ0) is 17.1. The highest BCUT2D eigenvalue weighted by atomic mass is 19.3. The molecule has 0 unspecified atom stereocenters. The van der Waals surface area contributed by atoms with Gasteiger partial charge in [-0.15, -0.1) is 0 Å². The Morgan fingerprint density at radius 2 is 1.96 bits per heavy atom. The van der Waals surface area contributed by atoms with Gasteiger partial charge in [0.25, 0.3) is 0 Å². The Morgan fingerprint density at radius 3 is 2.67 bits per heavy atom. The van der Waals surface area contributed by atoms with Crippen LogP contribution in [0.5, 0.6) is 0 Å². The normalized spacial score (nSPS) is 11.6. The maximum absolute atomic E-state index is 12.9. The van der Waals surface area contributed by atoms with Crippen LogP contribution in [0.2, 0.25) is 0 Å². The van der Waals surface area contributed by atoms with Crippen LogP contribution < -0.4 is 0 Å². The summed E-state index contributed by atoms with van der Waals surface area (Å²) in [5, 5.41) is 0. The van der Waals surface area contributed by atoms with E-state index in [2.05, 4.69) is 9.97 Å². The van der Waals surface area contributed by atoms with Crippen molar-refractivity contribution in [2.45, 2.75) is 19.6 Å². The third kappa shape index (κ3) is 3.65. The fourth-order valence-electron chi connectivity index (χ4n) is 2.32. The van der Waals surface area contributed by atoms with Gasteiger partial charge in [-0.1, -0.05) is 0 Å². The minimum absolute atomic E-state index is 0.246. The lowest BCUT2D eigenvalue weighted by Gasteiger charge is -2.15. The highest BCUT2D eigenvalue weighted by Crippen LogP contribution is 2.20. The fraction of sp³-hybridized carbons (Fsp3) is 0.250. The monoisotopic (exact) mass is 336 g/mol. The van der Waals surface area contributed by atoms with Gasteiger partial charge in [0.1, 0.15) is 17.9 Å². The first-order valence-corrected chi connectivity index (χ1v) is 7.21. The molecule has 0 bridgehead atoms. The SMILES string of the molecule is CN(Cc1coc(-c2ccc(F)cc2)n1)Cc1nccn1C(F)F. The van der Waals surface area contributed by atoms with Gasteiger partial charge in [0.15, 0.2) is 0 Å². The summed E-state index contributed by atoms with van der Waals surface area (Å²) in [5.74, 6) is 0.321. The van der Waals surface area contributed by atoms with Crippen LogP contribution in [0.4, 0.5) is 13.2 Å². The number of imidazole rings is 1. The van der Waals surface area contributed by atoms with Crippen LogP contribution in [0.3, 0.4) is 0 Å². The molecule has 0 saturated heterocycles. The highest BCUT2D eigenvalue weighted by molar-refractivity contribution is 5.52. The van der Waals surface area contributed by atoms with E-state index >= 15 is 0 Å². The lowest BCUT2D eigenvalue weighted by molar-refractivity contribution is 0.0644. The molecule has 3 aromatic rings. The predicted octanol–water partition coefficient (Wildman–Crippen LogP) is 3.70. The number of benzene rings is 1. The average Bonchev–Trinajstić information content (AvgIpc) is 3.17. The molecule has 0 saturated carbocycles. The van der Waals surface area contributed by atoms with E-state index in [4.69, 9.17) is 4.42 Å². The Morgan fingerprint density at radius 1 is 1.21 bits per heavy atom. The van der Waals surface area contributed by atoms with E-state index in [-0.39, 0.29) is 18.2 Å². The molecule has 0 radical (unpaired) electrons. The smallest absolute Gasteiger partial charge is 0.319 e. The van der Waals surface area contributed by atoms with Gasteiger partial charge in [-0.25, -0.2) is 14.4 Å². The highest BCUT2D eigenvalue weighted by Gasteiger charge is 2.14. The standard InChI is InChI=1S/C16H15F3N4O/c1-22(9-14-20-6-7-23(14)16(18)19)8-13-10-24-15(21-13)11-2-4-12(17)5-3-11/h2-7,10,16H,8-9H2,1H3. The molecule has 126 valence electrons. The minimum Gasteiger partial charge on any atom is -0.444 e. The molecule has 0 spiro atoms. The van der Waals surface area contributed by atoms with Gasteiger partial charge < -0.3 is 4.42 Å². The summed E-state index contributed by atoms with van der Waals surface area (Å²) >= 11 is 0. The second-order valence-electron chi connectivity index (χ2n) is 5.35. The summed E-state index contributed by atoms with van der Waals surface area (Å²) < 4.78 is 44.8. The fourth-order valence-corrected chi connectivity index (χ4v) is 2.32. The first-order chi connectivity index (χ1) is 11.5. The Balaban J connectivity index is 1.66. The Hall–Kier alpha value is -2.61. The summed E-state index contributed by atoms with van der Waals surface area (Å²) in [6.07, 6.45) is 4.09. The van der Waals surface area contributed by atoms with Crippen LogP contribution in [0.1, 0.15) is 18.1 Å². The van der Waals surface area contributed by atoms with Crippen LogP contribution in [0, 0.1) is 5.82 Å². The largest absolute Gasteiger partial charge is 0.444 e. The number of nitrogens with zero attached hydrogens (tertiary/aromatic N) is 4. The molecule has 0 aliphatic carbocycles. The van der Waals surface area contributed by atoms with Gasteiger partial charge in [-0.05, 0) is 31.3 Å². The third-order valence-corrected chi connectivity index (χ3v) is 3.45. The second-order valence-corrected chi connectivity index (χ2v) is 5.35. The average molecular weight is 336 g/mol. The minimum atomic E-state index is -2.62. The molecule has 0 aliphatic rings. The number of oxazole rings is 1. The first-order valence-electron chi connectivity index (χ1n) is 7.21. The van der Waals surface area contributed by atoms with E-state index in [1.54, 1.807) is 24.1 Å². The van der Waals surface area contributed by atoms with Gasteiger partial charge in [0, 0.05) is 24.5 Å². The van der Waals surface area contributed by atoms with Crippen molar-refractivity contribution in [3.63, 3.8) is 0 Å². The lowest BCUT2D eigenvalue weighted by atomic mass is 10.2. The van der Waals surface area contributed by atoms with Gasteiger partial charge >= 0.3 is 6.55 Å². The summed E-state index contributed by atoms with van der Waals surface area (Å²) in [6.45, 7) is -1.97. The molecule has 1 aromatic carbocycles. The van der Waals surface area contributed by atoms with Crippen molar-refractivity contribution < 1.29 is 17.6 Å². The summed E-state index contributed by atoms with van der Waals surface area (Å²) in [7, 11) is 1.77. The lowest BCUT2D eigenvalue weighted by Crippen LogP contribution is -2.20. The van der Waals surface area contributed by atoms with Crippen LogP contribution >= 0.6 is 0 Å². The number of rotatable bonds is 6. The van der Waals surface area contributed by atoms with E-state index in [1.807, 2.05) is 0 Å². The zero-order valence-electron chi connectivity index (χ0n) is 12.9. The van der Waals surface area contributed by atoms with Crippen molar-refractivity contribution >= 4 is 0 Å². The van der Waals surface area contributed by atoms with Crippen molar-refractivity contribution in [1.82, 2.24) is 19.4 Å². The molecule has 0 amide bonds. The van der Waals surface area contributed by atoms with Crippen LogP contribution in [0.15, 0.2) is 47.3 Å². The summed E-state index contributed by atoms with van der Waals surface area (Å²) in [5.41, 5.74) is 1.31. The molecule has 0 N–H and O–H groups in total. The van der Waals surface area contributed by atoms with Gasteiger partial charge in [0.2, 0.25) is 5.89 Å². The molecular weight excluding hydrogens is 321 g/mol. The third-order valence-electron chi connectivity index (χ3n) is 3.45. The number of hydrogen-bond acceptors (Lipinski definition) is 4. The molecule has 2 heterocycles. The van der Waals surface area contributed by atoms with Crippen molar-refractivity contribution in [2.24, 2.45) is 0 Å². The van der Waals surface area contributed by atoms with Crippen LogP contribution in [-0.2, 0) is 13.1 Å². The number of halogens is 3. The van der Waals surface area contributed by atoms with Crippen molar-refractivity contribution in [3.8, 4) is 11.5 Å². The Bertz CT molecular complexity index is 798. The number of alkyl halides is 2. The van der Waals surface area contributed by atoms with Gasteiger partial charge in [0.05, 0.1) is 12.2 Å². The molecule has 3 rings (SSSR count). The van der Waals surface area contributed by atoms with Crippen molar-refractivity contribution in [1.29, 1.82) is 0 Å². The van der Waals surface area contributed by atoms with Crippen molar-refractivity contribution in [2.75, 3.05) is 7.05 Å². The first kappa shape index (κ1) is 16.3. The second kappa shape index (κ2) is 6.88.